The Morgan fingerprint density at radius 3 is 2.35 bits per heavy atom. The zero-order valence-corrected chi connectivity index (χ0v) is 22.0. The molecule has 2 amide bonds. The van der Waals surface area contributed by atoms with Gasteiger partial charge >= 0.3 is 6.09 Å². The lowest BCUT2D eigenvalue weighted by molar-refractivity contribution is 0.0602. The van der Waals surface area contributed by atoms with Crippen LogP contribution in [0.3, 0.4) is 0 Å². The van der Waals surface area contributed by atoms with Crippen molar-refractivity contribution in [2.45, 2.75) is 38.5 Å². The summed E-state index contributed by atoms with van der Waals surface area (Å²) in [5.74, 6) is 1.65. The number of nitrogens with one attached hydrogen (secondary N) is 2. The van der Waals surface area contributed by atoms with Crippen molar-refractivity contribution in [3.05, 3.63) is 70.7 Å². The number of anilines is 1. The van der Waals surface area contributed by atoms with Gasteiger partial charge in [-0.1, -0.05) is 18.2 Å². The quantitative estimate of drug-likeness (QED) is 0.518. The van der Waals surface area contributed by atoms with Crippen molar-refractivity contribution in [2.24, 2.45) is 0 Å². The van der Waals surface area contributed by atoms with Gasteiger partial charge in [0.25, 0.3) is 5.91 Å². The topological polar surface area (TPSA) is 90.6 Å². The first-order chi connectivity index (χ1) is 17.9. The number of hydrogen-bond acceptors (Lipinski definition) is 5. The molecule has 0 aliphatic carbocycles. The van der Waals surface area contributed by atoms with Gasteiger partial charge in [0.05, 0.1) is 18.5 Å². The maximum atomic E-state index is 13.3. The Morgan fingerprint density at radius 2 is 1.70 bits per heavy atom. The number of H-pyrrole nitrogens is 1. The summed E-state index contributed by atoms with van der Waals surface area (Å²) in [5.41, 5.74) is 7.05. The highest BCUT2D eigenvalue weighted by atomic mass is 16.5. The molecule has 37 heavy (non-hydrogen) atoms. The van der Waals surface area contributed by atoms with Crippen LogP contribution in [0, 0.1) is 13.8 Å². The second-order valence-corrected chi connectivity index (χ2v) is 10.1. The number of piperidine rings is 1. The lowest BCUT2D eigenvalue weighted by atomic mass is 9.90. The normalized spacial score (nSPS) is 16.4. The fraction of sp³-hybridized carbons (Fsp3) is 0.414. The summed E-state index contributed by atoms with van der Waals surface area (Å²) in [6, 6.07) is 14.4. The van der Waals surface area contributed by atoms with E-state index in [1.807, 2.05) is 37.1 Å². The fourth-order valence-electron chi connectivity index (χ4n) is 5.39. The summed E-state index contributed by atoms with van der Waals surface area (Å²) in [6.07, 6.45) is 1.41. The number of rotatable bonds is 5. The minimum atomic E-state index is -0.271. The van der Waals surface area contributed by atoms with Gasteiger partial charge in [0.15, 0.2) is 0 Å². The number of carbonyl (C=O) groups is 2. The number of hydrogen-bond donors (Lipinski definition) is 2. The molecule has 0 atom stereocenters. The minimum Gasteiger partial charge on any atom is -0.453 e. The number of aromatic nitrogens is 2. The second-order valence-electron chi connectivity index (χ2n) is 10.1. The zero-order valence-electron chi connectivity index (χ0n) is 22.0. The number of methoxy groups -OCH3 is 1. The molecule has 2 aliphatic heterocycles. The van der Waals surface area contributed by atoms with Gasteiger partial charge in [-0.05, 0) is 62.1 Å². The van der Waals surface area contributed by atoms with Gasteiger partial charge in [-0.25, -0.2) is 9.78 Å². The summed E-state index contributed by atoms with van der Waals surface area (Å²) in [7, 11) is 3.33. The van der Waals surface area contributed by atoms with Crippen LogP contribution in [-0.4, -0.2) is 72.1 Å². The predicted octanol–water partition coefficient (Wildman–Crippen LogP) is 4.92. The van der Waals surface area contributed by atoms with Crippen LogP contribution in [0.2, 0.25) is 0 Å². The van der Waals surface area contributed by atoms with Gasteiger partial charge < -0.3 is 24.8 Å². The predicted molar refractivity (Wildman–Crippen MR) is 144 cm³/mol. The smallest absolute Gasteiger partial charge is 0.409 e. The van der Waals surface area contributed by atoms with Crippen molar-refractivity contribution in [3.8, 4) is 11.3 Å². The van der Waals surface area contributed by atoms with E-state index in [1.165, 1.54) is 12.7 Å². The number of benzene rings is 2. The Balaban J connectivity index is 1.28. The molecule has 2 fully saturated rings. The van der Waals surface area contributed by atoms with Gasteiger partial charge in [-0.15, -0.1) is 0 Å². The molecular formula is C29H35N5O3. The number of nitrogens with zero attached hydrogens (tertiary/aromatic N) is 3. The van der Waals surface area contributed by atoms with Gasteiger partial charge in [0.1, 0.15) is 5.82 Å². The highest BCUT2D eigenvalue weighted by Crippen LogP contribution is 2.33. The molecule has 2 aliphatic rings. The number of ether oxygens (including phenoxy) is 1. The van der Waals surface area contributed by atoms with Crippen molar-refractivity contribution in [2.75, 3.05) is 45.7 Å². The van der Waals surface area contributed by atoms with E-state index in [9.17, 15) is 9.59 Å². The molecular weight excluding hydrogens is 466 g/mol. The number of imidazole rings is 1. The summed E-state index contributed by atoms with van der Waals surface area (Å²) in [4.78, 5) is 37.2. The molecule has 5 rings (SSSR count). The first-order valence-corrected chi connectivity index (χ1v) is 12.9. The Bertz CT molecular complexity index is 1290. The largest absolute Gasteiger partial charge is 0.453 e. The minimum absolute atomic E-state index is 0.0666. The van der Waals surface area contributed by atoms with Crippen molar-refractivity contribution in [1.82, 2.24) is 19.8 Å². The lowest BCUT2D eigenvalue weighted by Crippen LogP contribution is -2.48. The molecule has 0 saturated carbocycles. The number of likely N-dealkylation sites (tertiary alicyclic amines) is 2. The molecule has 0 spiro atoms. The Morgan fingerprint density at radius 1 is 1.00 bits per heavy atom. The Hall–Kier alpha value is -3.81. The van der Waals surface area contributed by atoms with Gasteiger partial charge in [-0.2, -0.15) is 0 Å². The van der Waals surface area contributed by atoms with Crippen LogP contribution in [0.1, 0.15) is 57.7 Å². The molecule has 0 unspecified atom stereocenters. The van der Waals surface area contributed by atoms with Crippen molar-refractivity contribution in [3.63, 3.8) is 0 Å². The SMILES string of the molecule is CNc1ccc(C2CN(C(=O)c3ccc(C)c(-c4[nH]c(C5CCN(C(=O)OC)CC5)nc4C)c3)C2)cc1. The Kier molecular flexibility index (Phi) is 6.91. The first kappa shape index (κ1) is 24.9. The number of aryl methyl sites for hydroxylation is 2. The number of amides is 2. The summed E-state index contributed by atoms with van der Waals surface area (Å²) >= 11 is 0. The summed E-state index contributed by atoms with van der Waals surface area (Å²) in [6.45, 7) is 6.85. The van der Waals surface area contributed by atoms with E-state index in [-0.39, 0.29) is 17.9 Å². The van der Waals surface area contributed by atoms with E-state index in [0.29, 0.717) is 24.6 Å². The highest BCUT2D eigenvalue weighted by molar-refractivity contribution is 5.96. The molecule has 3 heterocycles. The fourth-order valence-corrected chi connectivity index (χ4v) is 5.39. The van der Waals surface area contributed by atoms with Crippen LogP contribution >= 0.6 is 0 Å². The van der Waals surface area contributed by atoms with Crippen LogP contribution in [-0.2, 0) is 4.74 Å². The summed E-state index contributed by atoms with van der Waals surface area (Å²) < 4.78 is 4.85. The third-order valence-corrected chi connectivity index (χ3v) is 7.81. The van der Waals surface area contributed by atoms with Crippen LogP contribution < -0.4 is 5.32 Å². The molecule has 3 aromatic rings. The van der Waals surface area contributed by atoms with Crippen molar-refractivity contribution < 1.29 is 14.3 Å². The molecule has 2 N–H and O–H groups in total. The van der Waals surface area contributed by atoms with Crippen LogP contribution in [0.4, 0.5) is 10.5 Å². The maximum Gasteiger partial charge on any atom is 0.409 e. The Labute approximate surface area is 218 Å². The maximum absolute atomic E-state index is 13.3. The molecule has 0 bridgehead atoms. The van der Waals surface area contributed by atoms with Gasteiger partial charge in [-0.3, -0.25) is 4.79 Å². The molecule has 2 aromatic carbocycles. The van der Waals surface area contributed by atoms with Crippen LogP contribution in [0.25, 0.3) is 11.3 Å². The monoisotopic (exact) mass is 501 g/mol. The lowest BCUT2D eigenvalue weighted by Gasteiger charge is -2.39. The second kappa shape index (κ2) is 10.3. The zero-order chi connectivity index (χ0) is 26.1. The summed E-state index contributed by atoms with van der Waals surface area (Å²) in [5, 5.41) is 3.14. The average Bonchev–Trinajstić information content (AvgIpc) is 3.29. The van der Waals surface area contributed by atoms with E-state index < -0.39 is 0 Å². The van der Waals surface area contributed by atoms with Crippen molar-refractivity contribution >= 4 is 17.7 Å². The average molecular weight is 502 g/mol. The standard InChI is InChI=1S/C29H35N5O3/c1-18-5-6-22(28(35)34-16-23(17-34)20-7-9-24(30-3)10-8-20)15-25(18)26-19(2)31-27(32-26)21-11-13-33(14-12-21)29(36)37-4/h5-10,15,21,23,30H,11-14,16-17H2,1-4H3,(H,31,32). The first-order valence-electron chi connectivity index (χ1n) is 12.9. The molecule has 0 radical (unpaired) electrons. The highest BCUT2D eigenvalue weighted by Gasteiger charge is 2.33. The molecule has 8 nitrogen and oxygen atoms in total. The van der Waals surface area contributed by atoms with E-state index in [2.05, 4.69) is 41.5 Å². The van der Waals surface area contributed by atoms with Crippen LogP contribution in [0.15, 0.2) is 42.5 Å². The van der Waals surface area contributed by atoms with Crippen LogP contribution in [0.5, 0.6) is 0 Å². The molecule has 8 heteroatoms. The van der Waals surface area contributed by atoms with Gasteiger partial charge in [0.2, 0.25) is 0 Å². The van der Waals surface area contributed by atoms with E-state index in [4.69, 9.17) is 9.72 Å². The van der Waals surface area contributed by atoms with E-state index in [0.717, 1.165) is 60.0 Å². The third-order valence-electron chi connectivity index (χ3n) is 7.81. The van der Waals surface area contributed by atoms with E-state index in [1.54, 1.807) is 4.90 Å². The molecule has 194 valence electrons. The van der Waals surface area contributed by atoms with Crippen molar-refractivity contribution in [1.29, 1.82) is 0 Å². The van der Waals surface area contributed by atoms with Gasteiger partial charge in [0, 0.05) is 61.9 Å². The van der Waals surface area contributed by atoms with E-state index >= 15 is 0 Å². The third kappa shape index (κ3) is 4.92. The molecule has 1 aromatic heterocycles. The number of aromatic amines is 1. The molecule has 2 saturated heterocycles. The number of carbonyl (C=O) groups excluding carboxylic acids is 2.